The largest absolute Gasteiger partial charge is 0.390 e. The molecule has 290 valence electrons. The van der Waals surface area contributed by atoms with Crippen molar-refractivity contribution in [3.63, 3.8) is 0 Å². The van der Waals surface area contributed by atoms with E-state index in [0.29, 0.717) is 64.1 Å². The van der Waals surface area contributed by atoms with Gasteiger partial charge in [0, 0.05) is 65.4 Å². The van der Waals surface area contributed by atoms with E-state index in [9.17, 15) is 0 Å². The summed E-state index contributed by atoms with van der Waals surface area (Å²) in [5.41, 5.74) is 0. The normalized spacial score (nSPS) is 38.1. The number of piperidine rings is 5. The van der Waals surface area contributed by atoms with Gasteiger partial charge in [0.1, 0.15) is 0 Å². The van der Waals surface area contributed by atoms with E-state index in [1.54, 1.807) is 0 Å². The average Bonchev–Trinajstić information content (AvgIpc) is 3.85. The molecule has 0 aromatic carbocycles. The molecular formula is C34H70N6O9. The fourth-order valence-electron chi connectivity index (χ4n) is 5.91. The summed E-state index contributed by atoms with van der Waals surface area (Å²) in [4.78, 5) is 8.66. The summed E-state index contributed by atoms with van der Waals surface area (Å²) in [6, 6.07) is 0. The van der Waals surface area contributed by atoms with Gasteiger partial charge in [0.2, 0.25) is 0 Å². The first-order valence-electron chi connectivity index (χ1n) is 18.2. The molecule has 7 aliphatic heterocycles. The quantitative estimate of drug-likeness (QED) is 0.0874. The third kappa shape index (κ3) is 19.5. The number of likely N-dealkylation sites (N-methyl/N-ethyl adjacent to an activating group) is 4. The van der Waals surface area contributed by atoms with Gasteiger partial charge in [0.15, 0.2) is 0 Å². The summed E-state index contributed by atoms with van der Waals surface area (Å²) < 4.78 is 5.31. The van der Waals surface area contributed by atoms with E-state index in [4.69, 9.17) is 45.6 Å². The molecule has 10 atom stereocenters. The Labute approximate surface area is 294 Å². The van der Waals surface area contributed by atoms with Crippen LogP contribution >= 0.6 is 0 Å². The second kappa shape index (κ2) is 24.4. The highest BCUT2D eigenvalue weighted by molar-refractivity contribution is 4.91. The summed E-state index contributed by atoms with van der Waals surface area (Å²) in [7, 11) is 8.17. The minimum atomic E-state index is -0.552. The van der Waals surface area contributed by atoms with Crippen LogP contribution in [-0.4, -0.2) is 228 Å². The smallest absolute Gasteiger partial charge is 0.0968 e. The van der Waals surface area contributed by atoms with E-state index in [2.05, 4.69) is 46.7 Å². The number of aliphatic hydroxyl groups excluding tert-OH is 8. The molecule has 0 aliphatic carbocycles. The Morgan fingerprint density at radius 3 is 1.20 bits per heavy atom. The zero-order valence-electron chi connectivity index (χ0n) is 30.4. The molecule has 49 heavy (non-hydrogen) atoms. The molecular weight excluding hydrogens is 636 g/mol. The van der Waals surface area contributed by atoms with Crippen LogP contribution in [0, 0.1) is 0 Å². The Hall–Kier alpha value is -0.860. The first-order chi connectivity index (χ1) is 23.3. The minimum absolute atomic E-state index is 0.499. The van der Waals surface area contributed by atoms with Crippen molar-refractivity contribution in [2.24, 2.45) is 0 Å². The maximum atomic E-state index is 9.06. The number of β-amino-alcohol motifs (C(OH)–C–C–N with tert-alkyl or cyclic N) is 4. The number of aliphatic hydroxyl groups is 8. The van der Waals surface area contributed by atoms with Crippen LogP contribution in [0.3, 0.4) is 0 Å². The molecule has 0 spiro atoms. The number of fused-ring (bicyclic) bond motifs is 1. The van der Waals surface area contributed by atoms with Crippen molar-refractivity contribution >= 4 is 0 Å². The number of epoxide rings is 1. The van der Waals surface area contributed by atoms with Crippen molar-refractivity contribution in [2.45, 2.75) is 99.6 Å². The van der Waals surface area contributed by atoms with Crippen molar-refractivity contribution in [1.29, 1.82) is 0 Å². The van der Waals surface area contributed by atoms with Crippen molar-refractivity contribution in [2.75, 3.05) is 107 Å². The van der Waals surface area contributed by atoms with E-state index >= 15 is 0 Å². The van der Waals surface area contributed by atoms with Gasteiger partial charge < -0.3 is 75.8 Å². The van der Waals surface area contributed by atoms with Gasteiger partial charge in [-0.1, -0.05) is 12.2 Å². The van der Waals surface area contributed by atoms with Crippen molar-refractivity contribution in [3.05, 3.63) is 12.2 Å². The lowest BCUT2D eigenvalue weighted by Gasteiger charge is -2.30. The molecule has 0 aromatic rings. The highest BCUT2D eigenvalue weighted by atomic mass is 16.6. The first-order valence-corrected chi connectivity index (χ1v) is 18.2. The average molecular weight is 707 g/mol. The number of likely N-dealkylation sites (tertiary alicyclic amines) is 3. The monoisotopic (exact) mass is 707 g/mol. The Bertz CT molecular complexity index is 818. The fraction of sp³-hybridized carbons (Fsp3) is 0.941. The predicted molar refractivity (Wildman–Crippen MR) is 189 cm³/mol. The Kier molecular flexibility index (Phi) is 22.1. The fourth-order valence-corrected chi connectivity index (χ4v) is 5.91. The number of rotatable bonds is 0. The lowest BCUT2D eigenvalue weighted by atomic mass is 10.1. The van der Waals surface area contributed by atoms with Crippen molar-refractivity contribution in [1.82, 2.24) is 30.2 Å². The van der Waals surface area contributed by atoms with E-state index in [1.165, 1.54) is 25.9 Å². The van der Waals surface area contributed by atoms with Crippen LogP contribution in [0.1, 0.15) is 38.5 Å². The molecule has 0 saturated carbocycles. The van der Waals surface area contributed by atoms with E-state index < -0.39 is 48.8 Å². The molecule has 0 amide bonds. The molecule has 7 aliphatic rings. The molecule has 0 unspecified atom stereocenters. The number of hydrogen-bond acceptors (Lipinski definition) is 15. The molecule has 0 aromatic heterocycles. The molecule has 7 heterocycles. The van der Waals surface area contributed by atoms with Gasteiger partial charge in [-0.15, -0.1) is 0 Å². The molecule has 15 nitrogen and oxygen atoms in total. The van der Waals surface area contributed by atoms with Gasteiger partial charge in [-0.3, -0.25) is 0 Å². The van der Waals surface area contributed by atoms with E-state index in [1.807, 2.05) is 23.9 Å². The van der Waals surface area contributed by atoms with Crippen LogP contribution in [0.4, 0.5) is 0 Å². The van der Waals surface area contributed by atoms with Gasteiger partial charge in [-0.25, -0.2) is 0 Å². The van der Waals surface area contributed by atoms with Crippen LogP contribution < -0.4 is 10.6 Å². The summed E-state index contributed by atoms with van der Waals surface area (Å²) in [6.45, 7) is 10.4. The zero-order chi connectivity index (χ0) is 36.3. The predicted octanol–water partition coefficient (Wildman–Crippen LogP) is -3.54. The van der Waals surface area contributed by atoms with Crippen LogP contribution in [0.2, 0.25) is 0 Å². The van der Waals surface area contributed by atoms with E-state index in [0.717, 1.165) is 39.3 Å². The molecule has 6 saturated heterocycles. The van der Waals surface area contributed by atoms with Crippen molar-refractivity contribution < 1.29 is 45.6 Å². The van der Waals surface area contributed by atoms with Crippen LogP contribution in [-0.2, 0) is 4.74 Å². The summed E-state index contributed by atoms with van der Waals surface area (Å²) in [5, 5.41) is 77.6. The number of ether oxygens (including phenoxy) is 1. The van der Waals surface area contributed by atoms with E-state index in [-0.39, 0.29) is 0 Å². The Balaban J connectivity index is 0.000000204. The van der Waals surface area contributed by atoms with Gasteiger partial charge >= 0.3 is 0 Å². The lowest BCUT2D eigenvalue weighted by molar-refractivity contribution is -0.0318. The van der Waals surface area contributed by atoms with Gasteiger partial charge in [-0.05, 0) is 79.8 Å². The molecule has 7 rings (SSSR count). The summed E-state index contributed by atoms with van der Waals surface area (Å²) in [6.07, 6.45) is 6.72. The number of nitrogens with one attached hydrogen (secondary N) is 2. The number of hydrogen-bond donors (Lipinski definition) is 10. The Morgan fingerprint density at radius 2 is 0.918 bits per heavy atom. The maximum Gasteiger partial charge on any atom is 0.0968 e. The Morgan fingerprint density at radius 1 is 0.469 bits per heavy atom. The second-order valence-electron chi connectivity index (χ2n) is 14.4. The van der Waals surface area contributed by atoms with Crippen LogP contribution in [0.15, 0.2) is 12.2 Å². The van der Waals surface area contributed by atoms with Crippen LogP contribution in [0.5, 0.6) is 0 Å². The highest BCUT2D eigenvalue weighted by Crippen LogP contribution is 2.29. The molecule has 10 N–H and O–H groups in total. The molecule has 0 radical (unpaired) electrons. The second-order valence-corrected chi connectivity index (χ2v) is 14.4. The van der Waals surface area contributed by atoms with Gasteiger partial charge in [-0.2, -0.15) is 0 Å². The zero-order valence-corrected chi connectivity index (χ0v) is 30.4. The standard InChI is InChI=1S/2C6H13NO2.C6H11NO.C6H11N.2C5H11NO2/c2*1-7-3-2-5(8)6(9)4-7;1-7-3-2-5-6(4-7)8-5;1-7-5-3-2-4-6-7;2*7-4-1-2-6-3-5(4)8/h2*5-6,8-9H,2-4H2,1H3;5-6H,2-4H2,1H3;2-3H,4-6H2,1H3;2*4-8H,1-3H2/t5-,6+;5-,6-;5-,6+;;4-,5+;4-,5-/m111.11/s1. The first kappa shape index (κ1) is 44.3. The van der Waals surface area contributed by atoms with Crippen LogP contribution in [0.25, 0.3) is 0 Å². The highest BCUT2D eigenvalue weighted by Gasteiger charge is 2.42. The summed E-state index contributed by atoms with van der Waals surface area (Å²) >= 11 is 0. The SMILES string of the molecule is CN1CC=CCC1.CN1CC[C@@H](O)[C@@H](O)C1.CN1CC[C@@H](O)[C@H](O)C1.CN1CC[C@H]2O[C@H]2C1.O[C@@H]1CCNC[C@@H]1O.O[C@@H]1CCNC[C@H]1O. The topological polar surface area (TPSA) is 211 Å². The van der Waals surface area contributed by atoms with Crippen molar-refractivity contribution in [3.8, 4) is 0 Å². The van der Waals surface area contributed by atoms with Gasteiger partial charge in [0.05, 0.1) is 61.0 Å². The third-order valence-electron chi connectivity index (χ3n) is 9.56. The maximum absolute atomic E-state index is 9.06. The molecule has 15 heteroatoms. The summed E-state index contributed by atoms with van der Waals surface area (Å²) in [5.74, 6) is 0. The molecule has 0 bridgehead atoms. The van der Waals surface area contributed by atoms with Gasteiger partial charge in [0.25, 0.3) is 0 Å². The number of nitrogens with zero attached hydrogens (tertiary/aromatic N) is 4. The third-order valence-corrected chi connectivity index (χ3v) is 9.56. The molecule has 6 fully saturated rings. The lowest BCUT2D eigenvalue weighted by Crippen LogP contribution is -2.44. The minimum Gasteiger partial charge on any atom is -0.390 e.